The molecule has 1 atom stereocenters. The van der Waals surface area contributed by atoms with E-state index in [4.69, 9.17) is 0 Å². The summed E-state index contributed by atoms with van der Waals surface area (Å²) in [5.41, 5.74) is 2.12. The fourth-order valence-corrected chi connectivity index (χ4v) is 3.25. The second-order valence-corrected chi connectivity index (χ2v) is 6.47. The van der Waals surface area contributed by atoms with Crippen molar-refractivity contribution in [2.24, 2.45) is 10.1 Å². The van der Waals surface area contributed by atoms with E-state index in [9.17, 15) is 18.3 Å². The van der Waals surface area contributed by atoms with Crippen LogP contribution in [-0.2, 0) is 0 Å². The van der Waals surface area contributed by atoms with Gasteiger partial charge in [-0.15, -0.1) is 4.59 Å². The number of aliphatic imine (C=N–C) groups is 1. The zero-order chi connectivity index (χ0) is 20.5. The van der Waals surface area contributed by atoms with E-state index in [-0.39, 0.29) is 29.3 Å². The maximum atomic E-state index is 14.0. The Morgan fingerprint density at radius 3 is 2.36 bits per heavy atom. The van der Waals surface area contributed by atoms with Gasteiger partial charge in [0.1, 0.15) is 6.54 Å². The molecule has 6 nitrogen and oxygen atoms in total. The summed E-state index contributed by atoms with van der Waals surface area (Å²) in [5, 5.41) is 16.7. The molecule has 3 rings (SSSR count). The van der Waals surface area contributed by atoms with Crippen LogP contribution in [0.4, 0.5) is 24.5 Å². The topological polar surface area (TPSA) is 69.9 Å². The lowest BCUT2D eigenvalue weighted by Crippen LogP contribution is -2.48. The van der Waals surface area contributed by atoms with Gasteiger partial charge in [0.05, 0.1) is 18.7 Å². The number of aromatic nitrogens is 1. The van der Waals surface area contributed by atoms with E-state index in [2.05, 4.69) is 20.4 Å². The van der Waals surface area contributed by atoms with Gasteiger partial charge in [-0.05, 0) is 38.0 Å². The van der Waals surface area contributed by atoms with Crippen LogP contribution in [0.5, 0.6) is 0 Å². The van der Waals surface area contributed by atoms with Crippen molar-refractivity contribution in [3.05, 3.63) is 53.1 Å². The molecule has 2 aromatic rings. The number of aliphatic hydroxyl groups excluding tert-OH is 1. The number of quaternary nitrogens is 1. The van der Waals surface area contributed by atoms with Gasteiger partial charge >= 0.3 is 0 Å². The van der Waals surface area contributed by atoms with Crippen molar-refractivity contribution in [3.8, 4) is 0 Å². The molecule has 2 heterocycles. The van der Waals surface area contributed by atoms with Crippen molar-refractivity contribution in [1.29, 1.82) is 0 Å². The minimum absolute atomic E-state index is 0.0294. The fourth-order valence-electron chi connectivity index (χ4n) is 3.25. The minimum Gasteiger partial charge on any atom is -0.396 e. The number of aryl methyl sites for hydroxylation is 2. The third kappa shape index (κ3) is 3.50. The average molecular weight is 392 g/mol. The molecule has 1 unspecified atom stereocenters. The van der Waals surface area contributed by atoms with Gasteiger partial charge in [-0.1, -0.05) is 0 Å². The van der Waals surface area contributed by atoms with E-state index in [1.165, 1.54) is 0 Å². The number of guanidine groups is 1. The number of aliphatic hydroxyl groups is 1. The molecule has 2 N–H and O–H groups in total. The molecule has 1 aliphatic rings. The van der Waals surface area contributed by atoms with Gasteiger partial charge in [-0.3, -0.25) is 4.98 Å². The van der Waals surface area contributed by atoms with E-state index in [1.807, 2.05) is 32.9 Å². The maximum Gasteiger partial charge on any atom is 0.286 e. The van der Waals surface area contributed by atoms with Gasteiger partial charge in [0.2, 0.25) is 5.84 Å². The Morgan fingerprint density at radius 2 is 1.75 bits per heavy atom. The summed E-state index contributed by atoms with van der Waals surface area (Å²) in [5.74, 6) is -3.61. The molecule has 0 amide bonds. The molecule has 1 aromatic carbocycles. The fraction of sp³-hybridized carbons (Fsp3) is 0.316. The molecule has 0 aliphatic carbocycles. The van der Waals surface area contributed by atoms with E-state index in [1.54, 1.807) is 0 Å². The predicted octanol–water partition coefficient (Wildman–Crippen LogP) is 3.62. The van der Waals surface area contributed by atoms with Crippen molar-refractivity contribution >= 4 is 23.2 Å². The number of benzene rings is 1. The van der Waals surface area contributed by atoms with E-state index < -0.39 is 17.5 Å². The van der Waals surface area contributed by atoms with E-state index in [0.29, 0.717) is 12.4 Å². The third-order valence-corrected chi connectivity index (χ3v) is 4.50. The number of halogens is 3. The monoisotopic (exact) mass is 392 g/mol. The lowest BCUT2D eigenvalue weighted by Gasteiger charge is -2.27. The largest absolute Gasteiger partial charge is 0.396 e. The molecule has 1 aliphatic heterocycles. The van der Waals surface area contributed by atoms with Crippen molar-refractivity contribution in [1.82, 2.24) is 9.58 Å². The summed E-state index contributed by atoms with van der Waals surface area (Å²) in [7, 11) is 0. The zero-order valence-electron chi connectivity index (χ0n) is 15.8. The van der Waals surface area contributed by atoms with Crippen LogP contribution in [0.2, 0.25) is 0 Å². The Balaban J connectivity index is 2.07. The van der Waals surface area contributed by atoms with Crippen molar-refractivity contribution in [2.75, 3.05) is 18.5 Å². The minimum atomic E-state index is -1.57. The Kier molecular flexibility index (Phi) is 5.48. The SMILES string of the molecule is CC[N+]1(c2cc(C)nc(C)c2)N=C(Nc2ccc(F)c(F)c2F)N=C1CCO. The van der Waals surface area contributed by atoms with Crippen LogP contribution in [0.3, 0.4) is 0 Å². The van der Waals surface area contributed by atoms with Gasteiger partial charge in [-0.2, -0.15) is 4.99 Å². The standard InChI is InChI=1S/C19H21F3N5O/c1-4-27(13-9-11(2)23-12(3)10-13)16(7-8-28)25-19(26-27)24-15-6-5-14(20)17(21)18(15)22/h5-6,9-10,28H,4,7-8H2,1-3H3,(H,24,26)/q+1. The van der Waals surface area contributed by atoms with E-state index >= 15 is 0 Å². The number of pyridine rings is 1. The summed E-state index contributed by atoms with van der Waals surface area (Å²) in [6.07, 6.45) is 0.239. The first-order valence-electron chi connectivity index (χ1n) is 8.84. The number of rotatable bonds is 5. The summed E-state index contributed by atoms with van der Waals surface area (Å²) < 4.78 is 40.7. The van der Waals surface area contributed by atoms with Gasteiger partial charge < -0.3 is 10.4 Å². The number of hydrogen-bond acceptors (Lipinski definition) is 5. The van der Waals surface area contributed by atoms with Crippen LogP contribution in [-0.4, -0.2) is 35.0 Å². The number of nitrogens with zero attached hydrogens (tertiary/aromatic N) is 4. The summed E-state index contributed by atoms with van der Waals surface area (Å²) >= 11 is 0. The van der Waals surface area contributed by atoms with Crippen LogP contribution in [0.1, 0.15) is 24.7 Å². The highest BCUT2D eigenvalue weighted by molar-refractivity contribution is 6.10. The highest BCUT2D eigenvalue weighted by Crippen LogP contribution is 2.31. The summed E-state index contributed by atoms with van der Waals surface area (Å²) in [4.78, 5) is 8.76. The molecule has 0 saturated heterocycles. The van der Waals surface area contributed by atoms with Crippen molar-refractivity contribution in [3.63, 3.8) is 0 Å². The second-order valence-electron chi connectivity index (χ2n) is 6.47. The Morgan fingerprint density at radius 1 is 1.07 bits per heavy atom. The Bertz CT molecular complexity index is 956. The lowest BCUT2D eigenvalue weighted by molar-refractivity contribution is 0.300. The molecule has 0 fully saturated rings. The molecule has 0 bridgehead atoms. The first-order chi connectivity index (χ1) is 13.3. The van der Waals surface area contributed by atoms with Crippen molar-refractivity contribution in [2.45, 2.75) is 27.2 Å². The molecular weight excluding hydrogens is 371 g/mol. The lowest BCUT2D eigenvalue weighted by atomic mass is 10.2. The maximum absolute atomic E-state index is 14.0. The molecule has 9 heteroatoms. The number of anilines is 1. The molecule has 1 aromatic heterocycles. The van der Waals surface area contributed by atoms with Gasteiger partial charge in [-0.25, -0.2) is 13.2 Å². The van der Waals surface area contributed by atoms with Crippen molar-refractivity contribution < 1.29 is 18.3 Å². The van der Waals surface area contributed by atoms with E-state index in [0.717, 1.165) is 29.2 Å². The number of amidine groups is 1. The molecule has 148 valence electrons. The van der Waals surface area contributed by atoms with Crippen LogP contribution < -0.4 is 9.91 Å². The van der Waals surface area contributed by atoms with Crippen LogP contribution in [0, 0.1) is 31.3 Å². The molecule has 0 saturated carbocycles. The summed E-state index contributed by atoms with van der Waals surface area (Å²) in [6, 6.07) is 5.64. The smallest absolute Gasteiger partial charge is 0.286 e. The van der Waals surface area contributed by atoms with Gasteiger partial charge in [0, 0.05) is 23.5 Å². The number of nitrogens with one attached hydrogen (secondary N) is 1. The zero-order valence-corrected chi connectivity index (χ0v) is 15.8. The number of hydrogen-bond donors (Lipinski definition) is 2. The highest BCUT2D eigenvalue weighted by Gasteiger charge is 2.42. The van der Waals surface area contributed by atoms with Crippen LogP contribution in [0.25, 0.3) is 0 Å². The molecule has 0 spiro atoms. The normalized spacial score (nSPS) is 18.8. The Labute approximate surface area is 160 Å². The van der Waals surface area contributed by atoms with Gasteiger partial charge in [0.15, 0.2) is 23.1 Å². The Hall–Kier alpha value is -2.78. The molecular formula is C19H21F3N5O+. The predicted molar refractivity (Wildman–Crippen MR) is 103 cm³/mol. The summed E-state index contributed by atoms with van der Waals surface area (Å²) in [6.45, 7) is 5.96. The highest BCUT2D eigenvalue weighted by atomic mass is 19.2. The second kappa shape index (κ2) is 7.69. The first kappa shape index (κ1) is 20.0. The van der Waals surface area contributed by atoms with Crippen LogP contribution in [0.15, 0.2) is 34.4 Å². The average Bonchev–Trinajstić information content (AvgIpc) is 3.00. The third-order valence-electron chi connectivity index (χ3n) is 4.50. The molecule has 28 heavy (non-hydrogen) atoms. The first-order valence-corrected chi connectivity index (χ1v) is 8.84. The molecule has 0 radical (unpaired) electrons. The van der Waals surface area contributed by atoms with Crippen LogP contribution >= 0.6 is 0 Å². The quantitative estimate of drug-likeness (QED) is 0.603. The van der Waals surface area contributed by atoms with Gasteiger partial charge in [0.25, 0.3) is 5.96 Å².